The smallest absolute Gasteiger partial charge is 0.174 e. The number of aliphatic hydroxyl groups excluding tert-OH is 4. The Morgan fingerprint density at radius 2 is 1.07 bits per heavy atom. The monoisotopic (exact) mass is 1020 g/mol. The van der Waals surface area contributed by atoms with Crippen LogP contribution in [0.15, 0.2) is 48.6 Å². The summed E-state index contributed by atoms with van der Waals surface area (Å²) in [6.45, 7) is 11.1. The van der Waals surface area contributed by atoms with E-state index < -0.39 is 84.6 Å². The summed E-state index contributed by atoms with van der Waals surface area (Å²) in [4.78, 5) is 0. The van der Waals surface area contributed by atoms with E-state index in [4.69, 9.17) is 61.6 Å². The Bertz CT molecular complexity index is 2110. The molecule has 13 aliphatic heterocycles. The summed E-state index contributed by atoms with van der Waals surface area (Å²) in [6.07, 6.45) is 11.2. The zero-order chi connectivity index (χ0) is 50.1. The van der Waals surface area contributed by atoms with E-state index in [-0.39, 0.29) is 110 Å². The van der Waals surface area contributed by atoms with Crippen molar-refractivity contribution in [1.82, 2.24) is 0 Å². The van der Waals surface area contributed by atoms with Crippen LogP contribution in [-0.2, 0) is 61.6 Å². The zero-order valence-corrected chi connectivity index (χ0v) is 42.9. The van der Waals surface area contributed by atoms with Crippen molar-refractivity contribution in [2.24, 2.45) is 23.7 Å². The molecule has 0 saturated carbocycles. The molecule has 73 heavy (non-hydrogen) atoms. The van der Waals surface area contributed by atoms with Crippen LogP contribution >= 0.6 is 0 Å². The van der Waals surface area contributed by atoms with Gasteiger partial charge in [-0.15, -0.1) is 0 Å². The van der Waals surface area contributed by atoms with Gasteiger partial charge in [-0.3, -0.25) is 0 Å². The van der Waals surface area contributed by atoms with Gasteiger partial charge >= 0.3 is 0 Å². The van der Waals surface area contributed by atoms with Gasteiger partial charge in [0.15, 0.2) is 5.79 Å². The number of rotatable bonds is 0. The van der Waals surface area contributed by atoms with Gasteiger partial charge in [0.05, 0.1) is 117 Å². The van der Waals surface area contributed by atoms with Crippen molar-refractivity contribution in [1.29, 1.82) is 0 Å². The lowest BCUT2D eigenvalue weighted by molar-refractivity contribution is -0.339. The van der Waals surface area contributed by atoms with Crippen LogP contribution in [0.1, 0.15) is 98.8 Å². The van der Waals surface area contributed by atoms with Crippen LogP contribution in [-0.4, -0.2) is 198 Å². The first-order valence-corrected chi connectivity index (χ1v) is 28.1. The molecule has 0 unspecified atom stereocenters. The van der Waals surface area contributed by atoms with Crippen LogP contribution in [0.2, 0.25) is 0 Å². The highest BCUT2D eigenvalue weighted by Gasteiger charge is 2.63. The maximum absolute atomic E-state index is 12.3. The van der Waals surface area contributed by atoms with Gasteiger partial charge in [0.1, 0.15) is 54.4 Å². The van der Waals surface area contributed by atoms with Gasteiger partial charge in [-0.1, -0.05) is 76.3 Å². The number of ether oxygens (including phenoxy) is 13. The minimum Gasteiger partial charge on any atom is -0.391 e. The van der Waals surface area contributed by atoms with Gasteiger partial charge in [0.25, 0.3) is 0 Å². The Morgan fingerprint density at radius 3 is 1.86 bits per heavy atom. The van der Waals surface area contributed by atoms with Crippen molar-refractivity contribution >= 4 is 0 Å². The van der Waals surface area contributed by atoms with Crippen LogP contribution in [0.4, 0.5) is 0 Å². The predicted octanol–water partition coefficient (Wildman–Crippen LogP) is 3.69. The molecule has 9 fully saturated rings. The van der Waals surface area contributed by atoms with Crippen molar-refractivity contribution < 1.29 is 82.0 Å². The van der Waals surface area contributed by atoms with Gasteiger partial charge in [-0.25, -0.2) is 0 Å². The Balaban J connectivity index is 0.690. The van der Waals surface area contributed by atoms with Crippen molar-refractivity contribution in [3.63, 3.8) is 0 Å². The fraction of sp³-hybridized carbons (Fsp3) is 0.857. The van der Waals surface area contributed by atoms with E-state index in [1.54, 1.807) is 0 Å². The second-order valence-electron chi connectivity index (χ2n) is 24.5. The SMILES string of the molecule is C[C@@H]1C[C@@H]2O[C@@H]3[C@@H](C)[C@H](O)[C@@H]4O[C@]5(C[C@H](O)CO5)[C@@H](C)[C@H](C)[C@H]4O[C@H]3C[C@H]2O[C@H]2C[C@H]3O[C@H]4/C=C\C[C@H]5O[C@H]6C=C[C@H]7O[C@H]8[C@H](O)[C@H]9OCC=CC[C@@H]9O[C@@H]8C[C@@H]7O[C@@H]6C/C=C\[C@@H]5O[C@@H]4C[C@@H](O)[C@]3(C)O[C@@H]2C1. The highest BCUT2D eigenvalue weighted by molar-refractivity contribution is 5.15. The summed E-state index contributed by atoms with van der Waals surface area (Å²) in [5.74, 6) is -1.13. The van der Waals surface area contributed by atoms with Gasteiger partial charge < -0.3 is 82.0 Å². The van der Waals surface area contributed by atoms with Crippen molar-refractivity contribution in [3.8, 4) is 0 Å². The molecule has 31 atom stereocenters. The summed E-state index contributed by atoms with van der Waals surface area (Å²) in [6, 6.07) is 0. The van der Waals surface area contributed by atoms with Crippen molar-refractivity contribution in [3.05, 3.63) is 48.6 Å². The minimum atomic E-state index is -1.02. The molecule has 17 heteroatoms. The third-order valence-electron chi connectivity index (χ3n) is 19.8. The van der Waals surface area contributed by atoms with E-state index in [0.717, 1.165) is 12.8 Å². The molecule has 13 aliphatic rings. The molecule has 0 radical (unpaired) electrons. The second-order valence-corrected chi connectivity index (χ2v) is 24.5. The first-order valence-electron chi connectivity index (χ1n) is 28.1. The van der Waals surface area contributed by atoms with E-state index in [9.17, 15) is 20.4 Å². The largest absolute Gasteiger partial charge is 0.391 e. The first kappa shape index (κ1) is 50.8. The quantitative estimate of drug-likeness (QED) is 0.256. The number of aliphatic hydroxyl groups is 4. The lowest BCUT2D eigenvalue weighted by Crippen LogP contribution is -2.63. The first-order chi connectivity index (χ1) is 35.2. The van der Waals surface area contributed by atoms with Gasteiger partial charge in [0.2, 0.25) is 0 Å². The third-order valence-corrected chi connectivity index (χ3v) is 19.8. The summed E-state index contributed by atoms with van der Waals surface area (Å²) in [5.41, 5.74) is -1.02. The van der Waals surface area contributed by atoms with Crippen LogP contribution < -0.4 is 0 Å². The van der Waals surface area contributed by atoms with E-state index in [2.05, 4.69) is 57.2 Å². The molecule has 0 aromatic carbocycles. The lowest BCUT2D eigenvalue weighted by Gasteiger charge is -2.53. The topological polar surface area (TPSA) is 201 Å². The minimum absolute atomic E-state index is 0.0203. The summed E-state index contributed by atoms with van der Waals surface area (Å²) in [7, 11) is 0. The summed E-state index contributed by atoms with van der Waals surface area (Å²) < 4.78 is 88.3. The molecule has 0 aromatic heterocycles. The molecular weight excluding hydrogens is 945 g/mol. The van der Waals surface area contributed by atoms with Gasteiger partial charge in [-0.05, 0) is 50.9 Å². The Kier molecular flexibility index (Phi) is 13.8. The van der Waals surface area contributed by atoms with Crippen molar-refractivity contribution in [2.75, 3.05) is 13.2 Å². The molecule has 13 rings (SSSR count). The molecule has 0 aromatic rings. The standard InChI is InChI=1S/C56H80O17/c1-26-18-38-40(21-44-50(70-38)28(3)48(59)54-51(71-44)27(2)29(4)56(73-54)24-30(57)25-62-56)67-42-23-47-55(5,72-43(42)19-26)46(58)22-41-34(68-47)14-9-11-31-32(65-41)12-8-13-33-35(63-31)15-16-36-39(64-33)20-45-53(69-36)49(60)52-37(66-45)10-6-7-17-61-52/h6-9,12,14-16,26-54,57-60H,10-11,13,17-25H2,1-5H3/b12-8-,14-9-/t26-,27+,28+,29+,30+,31-,32+,33-,34+,35+,36-,37+,38+,39+,40-,41-,42+,43-,44+,45-,46-,47-,48+,49-,50-,51-,52+,53-,54+,55+,56-/m1/s1. The average Bonchev–Trinajstić information content (AvgIpc) is 3.46. The number of hydrogen-bond donors (Lipinski definition) is 4. The lowest BCUT2D eigenvalue weighted by atomic mass is 9.75. The zero-order valence-electron chi connectivity index (χ0n) is 42.9. The molecule has 0 aliphatic carbocycles. The summed E-state index contributed by atoms with van der Waals surface area (Å²) >= 11 is 0. The molecule has 406 valence electrons. The molecule has 4 N–H and O–H groups in total. The van der Waals surface area contributed by atoms with Gasteiger partial charge in [0, 0.05) is 43.9 Å². The maximum atomic E-state index is 12.3. The van der Waals surface area contributed by atoms with Gasteiger partial charge in [-0.2, -0.15) is 0 Å². The predicted molar refractivity (Wildman–Crippen MR) is 258 cm³/mol. The fourth-order valence-electron chi connectivity index (χ4n) is 15.4. The van der Waals surface area contributed by atoms with Crippen molar-refractivity contribution in [2.45, 2.75) is 263 Å². The van der Waals surface area contributed by atoms with E-state index in [0.29, 0.717) is 58.0 Å². The Morgan fingerprint density at radius 1 is 0.452 bits per heavy atom. The highest BCUT2D eigenvalue weighted by Crippen LogP contribution is 2.52. The molecule has 9 saturated heterocycles. The highest BCUT2D eigenvalue weighted by atomic mass is 16.7. The van der Waals surface area contributed by atoms with E-state index in [1.165, 1.54) is 0 Å². The Hall–Kier alpha value is -1.72. The molecule has 13 heterocycles. The van der Waals surface area contributed by atoms with Crippen LogP contribution in [0.25, 0.3) is 0 Å². The van der Waals surface area contributed by atoms with E-state index in [1.807, 2.05) is 26.0 Å². The maximum Gasteiger partial charge on any atom is 0.174 e. The molecular formula is C56H80O17. The average molecular weight is 1030 g/mol. The molecule has 17 nitrogen and oxygen atoms in total. The van der Waals surface area contributed by atoms with Crippen LogP contribution in [0.5, 0.6) is 0 Å². The van der Waals surface area contributed by atoms with Crippen LogP contribution in [0, 0.1) is 23.7 Å². The molecule has 1 spiro atoms. The Labute approximate surface area is 429 Å². The van der Waals surface area contributed by atoms with E-state index >= 15 is 0 Å². The number of hydrogen-bond acceptors (Lipinski definition) is 17. The normalized spacial score (nSPS) is 59.4. The molecule has 0 amide bonds. The fourth-order valence-corrected chi connectivity index (χ4v) is 15.4. The summed E-state index contributed by atoms with van der Waals surface area (Å²) in [5, 5.41) is 46.3. The van der Waals surface area contributed by atoms with Crippen LogP contribution in [0.3, 0.4) is 0 Å². The second kappa shape index (κ2) is 19.9. The number of fused-ring (bicyclic) bond motifs is 11. The molecule has 0 bridgehead atoms. The third kappa shape index (κ3) is 9.05.